The van der Waals surface area contributed by atoms with Gasteiger partial charge in [0.1, 0.15) is 11.5 Å². The third-order valence-electron chi connectivity index (χ3n) is 4.77. The SMILES string of the molecule is CCCCOc1ccc2cc(S(=O)(=O)C(=[N+]=[N-])S(=O)(=O)c3ccc(OC)cc3)ccc2c1. The Bertz CT molecular complexity index is 1390. The highest BCUT2D eigenvalue weighted by molar-refractivity contribution is 8.31. The van der Waals surface area contributed by atoms with Crippen molar-refractivity contribution in [3.05, 3.63) is 66.2 Å². The van der Waals surface area contributed by atoms with Gasteiger partial charge in [0.25, 0.3) is 19.7 Å². The molecule has 0 aliphatic rings. The molecule has 3 aromatic carbocycles. The van der Waals surface area contributed by atoms with Crippen molar-refractivity contribution in [2.45, 2.75) is 29.6 Å². The molecule has 0 radical (unpaired) electrons. The molecule has 0 saturated heterocycles. The summed E-state index contributed by atoms with van der Waals surface area (Å²) in [5.74, 6) is 1.04. The Morgan fingerprint density at radius 1 is 0.844 bits per heavy atom. The van der Waals surface area contributed by atoms with Gasteiger partial charge in [0.15, 0.2) is 0 Å². The lowest BCUT2D eigenvalue weighted by Crippen LogP contribution is -2.26. The minimum Gasteiger partial charge on any atom is -0.497 e. The van der Waals surface area contributed by atoms with Crippen molar-refractivity contribution in [1.82, 2.24) is 0 Å². The number of ether oxygens (including phenoxy) is 2. The predicted molar refractivity (Wildman–Crippen MR) is 120 cm³/mol. The average molecular weight is 475 g/mol. The van der Waals surface area contributed by atoms with Crippen molar-refractivity contribution in [2.75, 3.05) is 13.7 Å². The van der Waals surface area contributed by atoms with E-state index in [0.717, 1.165) is 18.2 Å². The molecule has 0 bridgehead atoms. The minimum atomic E-state index is -4.64. The molecule has 0 atom stereocenters. The molecule has 0 amide bonds. The van der Waals surface area contributed by atoms with Gasteiger partial charge in [-0.15, -0.1) is 4.79 Å². The third-order valence-corrected chi connectivity index (χ3v) is 8.94. The lowest BCUT2D eigenvalue weighted by molar-refractivity contribution is 0.00380. The van der Waals surface area contributed by atoms with Crippen molar-refractivity contribution in [3.63, 3.8) is 0 Å². The highest BCUT2D eigenvalue weighted by Gasteiger charge is 2.44. The van der Waals surface area contributed by atoms with Gasteiger partial charge in [0.05, 0.1) is 23.5 Å². The lowest BCUT2D eigenvalue weighted by Gasteiger charge is -2.08. The first-order valence-corrected chi connectivity index (χ1v) is 12.7. The van der Waals surface area contributed by atoms with Gasteiger partial charge in [-0.1, -0.05) is 25.5 Å². The van der Waals surface area contributed by atoms with E-state index in [9.17, 15) is 22.4 Å². The van der Waals surface area contributed by atoms with Gasteiger partial charge in [-0.25, -0.2) is 16.8 Å². The zero-order valence-electron chi connectivity index (χ0n) is 17.6. The van der Waals surface area contributed by atoms with Crippen LogP contribution in [0, 0.1) is 0 Å². The Hall–Kier alpha value is -3.20. The van der Waals surface area contributed by atoms with Crippen LogP contribution < -0.4 is 9.47 Å². The first-order valence-electron chi connectivity index (χ1n) is 9.77. The Morgan fingerprint density at radius 3 is 2.03 bits per heavy atom. The zero-order chi connectivity index (χ0) is 23.4. The highest BCUT2D eigenvalue weighted by atomic mass is 32.3. The summed E-state index contributed by atoms with van der Waals surface area (Å²) < 4.78 is 61.2. The molecule has 0 unspecified atom stereocenters. The fraction of sp³-hybridized carbons (Fsp3) is 0.227. The van der Waals surface area contributed by atoms with Crippen LogP contribution in [-0.4, -0.2) is 39.7 Å². The van der Waals surface area contributed by atoms with E-state index in [1.54, 1.807) is 24.3 Å². The van der Waals surface area contributed by atoms with Crippen LogP contribution in [0.3, 0.4) is 0 Å². The maximum Gasteiger partial charge on any atom is 0.504 e. The molecule has 0 heterocycles. The second-order valence-electron chi connectivity index (χ2n) is 6.92. The Morgan fingerprint density at radius 2 is 1.41 bits per heavy atom. The summed E-state index contributed by atoms with van der Waals surface area (Å²) in [7, 11) is -7.85. The second-order valence-corrected chi connectivity index (χ2v) is 10.9. The van der Waals surface area contributed by atoms with Crippen LogP contribution >= 0.6 is 0 Å². The van der Waals surface area contributed by atoms with Crippen molar-refractivity contribution in [2.24, 2.45) is 0 Å². The Balaban J connectivity index is 1.99. The molecule has 0 N–H and O–H groups in total. The van der Waals surface area contributed by atoms with Gasteiger partial charge in [-0.05, 0) is 65.7 Å². The number of sulfone groups is 2. The molecular formula is C22H22N2O6S2. The van der Waals surface area contributed by atoms with E-state index >= 15 is 0 Å². The number of benzene rings is 3. The molecule has 0 aromatic heterocycles. The topological polar surface area (TPSA) is 123 Å². The molecule has 0 saturated carbocycles. The van der Waals surface area contributed by atoms with Crippen molar-refractivity contribution in [3.8, 4) is 11.5 Å². The first kappa shape index (κ1) is 23.5. The summed E-state index contributed by atoms with van der Waals surface area (Å²) >= 11 is 0. The monoisotopic (exact) mass is 474 g/mol. The number of unbranched alkanes of at least 4 members (excludes halogenated alkanes) is 1. The van der Waals surface area contributed by atoms with E-state index in [0.29, 0.717) is 23.5 Å². The van der Waals surface area contributed by atoms with Gasteiger partial charge in [-0.2, -0.15) is 0 Å². The number of rotatable bonds is 7. The number of nitrogens with zero attached hydrogens (tertiary/aromatic N) is 2. The molecule has 10 heteroatoms. The summed E-state index contributed by atoms with van der Waals surface area (Å²) in [6.07, 6.45) is 1.92. The van der Waals surface area contributed by atoms with Gasteiger partial charge < -0.3 is 15.0 Å². The lowest BCUT2D eigenvalue weighted by atomic mass is 10.1. The van der Waals surface area contributed by atoms with E-state index in [4.69, 9.17) is 9.47 Å². The molecule has 168 valence electrons. The van der Waals surface area contributed by atoms with Crippen LogP contribution in [0.25, 0.3) is 16.3 Å². The van der Waals surface area contributed by atoms with E-state index < -0.39 is 24.1 Å². The van der Waals surface area contributed by atoms with Crippen molar-refractivity contribution >= 4 is 34.8 Å². The quantitative estimate of drug-likeness (QED) is 0.168. The molecule has 3 aromatic rings. The van der Waals surface area contributed by atoms with Gasteiger partial charge in [0, 0.05) is 0 Å². The predicted octanol–water partition coefficient (Wildman–Crippen LogP) is 3.86. The van der Waals surface area contributed by atoms with Gasteiger partial charge in [0.2, 0.25) is 0 Å². The molecule has 32 heavy (non-hydrogen) atoms. The molecular weight excluding hydrogens is 452 g/mol. The number of methoxy groups -OCH3 is 1. The summed E-state index contributed by atoms with van der Waals surface area (Å²) in [6.45, 7) is 2.64. The van der Waals surface area contributed by atoms with Crippen LogP contribution in [0.1, 0.15) is 19.8 Å². The highest BCUT2D eigenvalue weighted by Crippen LogP contribution is 2.27. The van der Waals surface area contributed by atoms with E-state index in [2.05, 4.69) is 11.7 Å². The standard InChI is InChI=1S/C22H22N2O6S2/c1-3-4-13-30-19-7-5-17-15-21(10-6-16(17)14-19)32(27,28)22(24-23)31(25,26)20-11-8-18(29-2)9-12-20/h5-12,14-15H,3-4,13H2,1-2H3. The fourth-order valence-electron chi connectivity index (χ4n) is 3.00. The zero-order valence-corrected chi connectivity index (χ0v) is 19.2. The largest absolute Gasteiger partial charge is 0.504 e. The summed E-state index contributed by atoms with van der Waals surface area (Å²) in [5.41, 5.74) is 9.36. The van der Waals surface area contributed by atoms with Crippen LogP contribution in [0.5, 0.6) is 11.5 Å². The molecule has 0 aliphatic carbocycles. The van der Waals surface area contributed by atoms with Gasteiger partial charge in [-0.3, -0.25) is 0 Å². The molecule has 0 fully saturated rings. The van der Waals surface area contributed by atoms with E-state index in [-0.39, 0.29) is 9.79 Å². The molecule has 3 rings (SSSR count). The van der Waals surface area contributed by atoms with E-state index in [1.165, 1.54) is 43.5 Å². The number of fused-ring (bicyclic) bond motifs is 1. The number of hydrogen-bond donors (Lipinski definition) is 0. The van der Waals surface area contributed by atoms with Crippen molar-refractivity contribution < 1.29 is 31.1 Å². The molecule has 0 spiro atoms. The minimum absolute atomic E-state index is 0.311. The first-order chi connectivity index (χ1) is 15.2. The maximum atomic E-state index is 13.1. The summed E-state index contributed by atoms with van der Waals surface area (Å²) in [5, 5.41) is 1.28. The fourth-order valence-corrected chi connectivity index (χ4v) is 6.38. The summed E-state index contributed by atoms with van der Waals surface area (Å²) in [4.78, 5) is 2.00. The smallest absolute Gasteiger partial charge is 0.497 e. The summed E-state index contributed by atoms with van der Waals surface area (Å²) in [6, 6.07) is 14.4. The van der Waals surface area contributed by atoms with Crippen LogP contribution in [-0.2, 0) is 19.7 Å². The maximum absolute atomic E-state index is 13.1. The van der Waals surface area contributed by atoms with E-state index in [1.807, 2.05) is 0 Å². The third kappa shape index (κ3) is 4.67. The molecule has 0 aliphatic heterocycles. The Labute approximate surface area is 186 Å². The van der Waals surface area contributed by atoms with Crippen molar-refractivity contribution in [1.29, 1.82) is 0 Å². The van der Waals surface area contributed by atoms with Crippen LogP contribution in [0.15, 0.2) is 70.5 Å². The second kappa shape index (κ2) is 9.52. The number of hydrogen-bond acceptors (Lipinski definition) is 6. The average Bonchev–Trinajstić information content (AvgIpc) is 2.79. The molecule has 8 nitrogen and oxygen atoms in total. The normalized spacial score (nSPS) is 11.7. The Kier molecular flexibility index (Phi) is 6.98. The van der Waals surface area contributed by atoms with Gasteiger partial charge >= 0.3 is 4.38 Å². The van der Waals surface area contributed by atoms with Crippen LogP contribution in [0.4, 0.5) is 0 Å². The van der Waals surface area contributed by atoms with Crippen LogP contribution in [0.2, 0.25) is 0 Å².